The Morgan fingerprint density at radius 2 is 1.04 bits per heavy atom. The molecule has 0 bridgehead atoms. The molecule has 5 heteroatoms. The normalized spacial score (nSPS) is 12.9. The lowest BCUT2D eigenvalue weighted by molar-refractivity contribution is 0.0497. The molecule has 1 aliphatic rings. The lowest BCUT2D eigenvalue weighted by atomic mass is 9.67. The largest absolute Gasteiger partial charge is 0.494 e. The van der Waals surface area contributed by atoms with Crippen molar-refractivity contribution < 1.29 is 14.3 Å². The molecule has 5 rings (SSSR count). The Morgan fingerprint density at radius 3 is 1.57 bits per heavy atom. The number of benzene rings is 4. The molecule has 0 fully saturated rings. The summed E-state index contributed by atoms with van der Waals surface area (Å²) in [5.41, 5.74) is 7.08. The van der Waals surface area contributed by atoms with E-state index in [1.54, 1.807) is 0 Å². The second-order valence-corrected chi connectivity index (χ2v) is 14.6. The zero-order chi connectivity index (χ0) is 33.1. The predicted octanol–water partition coefficient (Wildman–Crippen LogP) is 12.8. The standard InChI is InChI=1S/C42H48Br2O3/c1-3-5-7-9-11-13-27-46-36-23-19-33(20-24-36)42(39-29-34(43)21-25-37(39)38-26-22-35(44)30-40(38)42)32-17-15-31(16-18-32)41(45)47-28-14-12-10-8-6-4-2/h15-26,29-30H,3-14,27-28H2,1-2H3. The Balaban J connectivity index is 1.43. The summed E-state index contributed by atoms with van der Waals surface area (Å²) >= 11 is 7.55. The van der Waals surface area contributed by atoms with E-state index in [0.717, 1.165) is 51.7 Å². The summed E-state index contributed by atoms with van der Waals surface area (Å²) in [5.74, 6) is 0.631. The molecule has 0 saturated carbocycles. The van der Waals surface area contributed by atoms with Crippen molar-refractivity contribution in [1.82, 2.24) is 0 Å². The van der Waals surface area contributed by atoms with Gasteiger partial charge in [0.05, 0.1) is 24.2 Å². The van der Waals surface area contributed by atoms with Crippen LogP contribution in [-0.4, -0.2) is 19.2 Å². The third-order valence-electron chi connectivity index (χ3n) is 9.40. The smallest absolute Gasteiger partial charge is 0.338 e. The summed E-state index contributed by atoms with van der Waals surface area (Å²) in [6, 6.07) is 29.8. The van der Waals surface area contributed by atoms with Crippen molar-refractivity contribution >= 4 is 37.8 Å². The minimum Gasteiger partial charge on any atom is -0.494 e. The fourth-order valence-electron chi connectivity index (χ4n) is 6.92. The first-order valence-electron chi connectivity index (χ1n) is 17.6. The van der Waals surface area contributed by atoms with Crippen LogP contribution >= 0.6 is 31.9 Å². The molecule has 0 N–H and O–H groups in total. The van der Waals surface area contributed by atoms with E-state index >= 15 is 0 Å². The van der Waals surface area contributed by atoms with Crippen LogP contribution < -0.4 is 4.74 Å². The lowest BCUT2D eigenvalue weighted by Crippen LogP contribution is -2.28. The molecule has 0 amide bonds. The van der Waals surface area contributed by atoms with Gasteiger partial charge in [0, 0.05) is 8.95 Å². The van der Waals surface area contributed by atoms with Crippen molar-refractivity contribution in [3.63, 3.8) is 0 Å². The molecule has 0 aromatic heterocycles. The van der Waals surface area contributed by atoms with E-state index < -0.39 is 5.41 Å². The highest BCUT2D eigenvalue weighted by Crippen LogP contribution is 2.57. The van der Waals surface area contributed by atoms with Crippen LogP contribution in [0.2, 0.25) is 0 Å². The molecular formula is C42H48Br2O3. The summed E-state index contributed by atoms with van der Waals surface area (Å²) in [6.45, 7) is 5.67. The molecule has 0 atom stereocenters. The number of rotatable bonds is 18. The number of halogens is 2. The first kappa shape index (κ1) is 35.4. The fraction of sp³-hybridized carbons (Fsp3) is 0.405. The van der Waals surface area contributed by atoms with E-state index in [1.165, 1.54) is 80.0 Å². The maximum absolute atomic E-state index is 13.0. The van der Waals surface area contributed by atoms with Gasteiger partial charge in [0.25, 0.3) is 0 Å². The molecule has 0 aliphatic heterocycles. The first-order chi connectivity index (χ1) is 23.0. The van der Waals surface area contributed by atoms with Gasteiger partial charge in [-0.3, -0.25) is 0 Å². The van der Waals surface area contributed by atoms with Gasteiger partial charge in [0.1, 0.15) is 5.75 Å². The third kappa shape index (κ3) is 8.40. The molecule has 0 heterocycles. The second-order valence-electron chi connectivity index (χ2n) is 12.8. The third-order valence-corrected chi connectivity index (χ3v) is 10.4. The van der Waals surface area contributed by atoms with Crippen LogP contribution in [-0.2, 0) is 10.2 Å². The Labute approximate surface area is 298 Å². The van der Waals surface area contributed by atoms with Crippen molar-refractivity contribution in [2.45, 2.75) is 96.3 Å². The van der Waals surface area contributed by atoms with Crippen molar-refractivity contribution in [2.24, 2.45) is 0 Å². The number of fused-ring (bicyclic) bond motifs is 3. The molecule has 4 aromatic carbocycles. The van der Waals surface area contributed by atoms with Crippen molar-refractivity contribution in [3.8, 4) is 16.9 Å². The van der Waals surface area contributed by atoms with E-state index in [-0.39, 0.29) is 5.97 Å². The average Bonchev–Trinajstić information content (AvgIpc) is 3.36. The number of carbonyl (C=O) groups excluding carboxylic acids is 1. The van der Waals surface area contributed by atoms with E-state index in [1.807, 2.05) is 12.1 Å². The number of hydrogen-bond acceptors (Lipinski definition) is 3. The number of ether oxygens (including phenoxy) is 2. The van der Waals surface area contributed by atoms with Crippen LogP contribution in [0.15, 0.2) is 93.9 Å². The van der Waals surface area contributed by atoms with Crippen LogP contribution in [0.1, 0.15) is 124 Å². The van der Waals surface area contributed by atoms with Crippen molar-refractivity contribution in [2.75, 3.05) is 13.2 Å². The van der Waals surface area contributed by atoms with Gasteiger partial charge >= 0.3 is 5.97 Å². The highest BCUT2D eigenvalue weighted by atomic mass is 79.9. The molecule has 0 radical (unpaired) electrons. The second kappa shape index (κ2) is 17.5. The van der Waals surface area contributed by atoms with Gasteiger partial charge in [-0.15, -0.1) is 0 Å². The maximum atomic E-state index is 13.0. The van der Waals surface area contributed by atoms with Gasteiger partial charge in [-0.05, 0) is 94.8 Å². The highest BCUT2D eigenvalue weighted by Gasteiger charge is 2.46. The van der Waals surface area contributed by atoms with E-state index in [0.29, 0.717) is 12.2 Å². The fourth-order valence-corrected chi connectivity index (χ4v) is 7.64. The minimum absolute atomic E-state index is 0.260. The Morgan fingerprint density at radius 1 is 0.574 bits per heavy atom. The van der Waals surface area contributed by atoms with E-state index in [2.05, 4.69) is 119 Å². The van der Waals surface area contributed by atoms with Crippen LogP contribution in [0.25, 0.3) is 11.1 Å². The Bertz CT molecular complexity index is 1540. The maximum Gasteiger partial charge on any atom is 0.338 e. The van der Waals surface area contributed by atoms with Crippen LogP contribution in [0.5, 0.6) is 5.75 Å². The van der Waals surface area contributed by atoms with Gasteiger partial charge in [0.2, 0.25) is 0 Å². The van der Waals surface area contributed by atoms with Gasteiger partial charge in [0.15, 0.2) is 0 Å². The highest BCUT2D eigenvalue weighted by molar-refractivity contribution is 9.10. The van der Waals surface area contributed by atoms with Crippen LogP contribution in [0.3, 0.4) is 0 Å². The van der Waals surface area contributed by atoms with Crippen LogP contribution in [0.4, 0.5) is 0 Å². The van der Waals surface area contributed by atoms with Crippen molar-refractivity contribution in [1.29, 1.82) is 0 Å². The van der Waals surface area contributed by atoms with E-state index in [4.69, 9.17) is 9.47 Å². The van der Waals surface area contributed by atoms with Gasteiger partial charge in [-0.2, -0.15) is 0 Å². The Hall–Kier alpha value is -2.89. The molecule has 248 valence electrons. The molecule has 1 aliphatic carbocycles. The first-order valence-corrected chi connectivity index (χ1v) is 19.2. The SMILES string of the molecule is CCCCCCCCOC(=O)c1ccc(C2(c3ccc(OCCCCCCCC)cc3)c3cc(Br)ccc3-c3ccc(Br)cc32)cc1. The minimum atomic E-state index is -0.586. The molecule has 0 saturated heterocycles. The van der Waals surface area contributed by atoms with E-state index in [9.17, 15) is 4.79 Å². The summed E-state index contributed by atoms with van der Waals surface area (Å²) in [7, 11) is 0. The lowest BCUT2D eigenvalue weighted by Gasteiger charge is -2.34. The summed E-state index contributed by atoms with van der Waals surface area (Å²) in [4.78, 5) is 13.0. The molecule has 4 aromatic rings. The Kier molecular flexibility index (Phi) is 13.2. The predicted molar refractivity (Wildman–Crippen MR) is 202 cm³/mol. The van der Waals surface area contributed by atoms with Gasteiger partial charge < -0.3 is 9.47 Å². The summed E-state index contributed by atoms with van der Waals surface area (Å²) in [6.07, 6.45) is 14.4. The van der Waals surface area contributed by atoms with Crippen molar-refractivity contribution in [3.05, 3.63) is 122 Å². The number of carbonyl (C=O) groups is 1. The molecule has 0 spiro atoms. The molecule has 3 nitrogen and oxygen atoms in total. The van der Waals surface area contributed by atoms with Crippen LogP contribution in [0, 0.1) is 0 Å². The van der Waals surface area contributed by atoms with Gasteiger partial charge in [-0.25, -0.2) is 4.79 Å². The quantitative estimate of drug-likeness (QED) is 0.0659. The molecule has 47 heavy (non-hydrogen) atoms. The summed E-state index contributed by atoms with van der Waals surface area (Å²) < 4.78 is 13.9. The number of unbranched alkanes of at least 4 members (excludes halogenated alkanes) is 10. The topological polar surface area (TPSA) is 35.5 Å². The summed E-state index contributed by atoms with van der Waals surface area (Å²) in [5, 5.41) is 0. The van der Waals surface area contributed by atoms with Gasteiger partial charge in [-0.1, -0.05) is 146 Å². The monoisotopic (exact) mass is 758 g/mol. The average molecular weight is 761 g/mol. The molecular weight excluding hydrogens is 712 g/mol. The zero-order valence-electron chi connectivity index (χ0n) is 28.0. The zero-order valence-corrected chi connectivity index (χ0v) is 31.1. The number of hydrogen-bond donors (Lipinski definition) is 0. The number of esters is 1. The molecule has 0 unspecified atom stereocenters.